The van der Waals surface area contributed by atoms with Crippen LogP contribution in [0.15, 0.2) is 48.5 Å². The lowest BCUT2D eigenvalue weighted by Gasteiger charge is -2.06. The van der Waals surface area contributed by atoms with Gasteiger partial charge in [-0.1, -0.05) is 31.2 Å². The topological polar surface area (TPSA) is 63.6 Å². The maximum atomic E-state index is 11.4. The fourth-order valence-corrected chi connectivity index (χ4v) is 1.91. The molecule has 4 nitrogen and oxygen atoms in total. The molecule has 1 N–H and O–H groups in total. The quantitative estimate of drug-likeness (QED) is 0.670. The Morgan fingerprint density at radius 1 is 0.952 bits per heavy atom. The summed E-state index contributed by atoms with van der Waals surface area (Å²) in [5.41, 5.74) is 2.09. The summed E-state index contributed by atoms with van der Waals surface area (Å²) in [6.07, 6.45) is 1.16. The fraction of sp³-hybridized carbons (Fsp3) is 0.176. The van der Waals surface area contributed by atoms with Crippen LogP contribution in [0.1, 0.15) is 30.1 Å². The first kappa shape index (κ1) is 14.8. The van der Waals surface area contributed by atoms with Gasteiger partial charge in [-0.15, -0.1) is 0 Å². The summed E-state index contributed by atoms with van der Waals surface area (Å²) < 4.78 is 5.18. The van der Waals surface area contributed by atoms with Gasteiger partial charge < -0.3 is 9.84 Å². The summed E-state index contributed by atoms with van der Waals surface area (Å²) in [7, 11) is 0. The molecule has 0 aromatic heterocycles. The Morgan fingerprint density at radius 3 is 1.95 bits per heavy atom. The molecule has 0 aliphatic heterocycles. The third-order valence-electron chi connectivity index (χ3n) is 3.01. The first-order valence-electron chi connectivity index (χ1n) is 6.74. The molecular formula is C17H16O4. The molecule has 0 bridgehead atoms. The molecule has 0 aliphatic carbocycles. The maximum Gasteiger partial charge on any atom is 0.335 e. The number of carboxylic acids is 1. The van der Waals surface area contributed by atoms with Crippen molar-refractivity contribution < 1.29 is 19.4 Å². The second-order valence-electron chi connectivity index (χ2n) is 4.63. The van der Waals surface area contributed by atoms with Crippen molar-refractivity contribution in [3.8, 4) is 16.9 Å². The average Bonchev–Trinajstić information content (AvgIpc) is 2.48. The number of rotatable bonds is 5. The van der Waals surface area contributed by atoms with E-state index < -0.39 is 5.97 Å². The van der Waals surface area contributed by atoms with Gasteiger partial charge in [-0.3, -0.25) is 4.79 Å². The number of ether oxygens (including phenoxy) is 1. The minimum absolute atomic E-state index is 0.240. The molecule has 0 unspecified atom stereocenters. The van der Waals surface area contributed by atoms with E-state index in [0.717, 1.165) is 17.5 Å². The van der Waals surface area contributed by atoms with Crippen LogP contribution in [0, 0.1) is 0 Å². The van der Waals surface area contributed by atoms with Gasteiger partial charge in [-0.25, -0.2) is 4.79 Å². The number of hydrogen-bond acceptors (Lipinski definition) is 3. The van der Waals surface area contributed by atoms with E-state index in [4.69, 9.17) is 9.84 Å². The number of hydrogen-bond donors (Lipinski definition) is 1. The third kappa shape index (κ3) is 3.92. The highest BCUT2D eigenvalue weighted by molar-refractivity contribution is 5.88. The summed E-state index contributed by atoms with van der Waals surface area (Å²) in [6.45, 7) is 1.92. The van der Waals surface area contributed by atoms with Crippen LogP contribution in [0.3, 0.4) is 0 Å². The molecule has 0 spiro atoms. The predicted molar refractivity (Wildman–Crippen MR) is 79.4 cm³/mol. The number of carboxylic acid groups (broad SMARTS) is 1. The third-order valence-corrected chi connectivity index (χ3v) is 3.01. The summed E-state index contributed by atoms with van der Waals surface area (Å²) in [6, 6.07) is 13.8. The van der Waals surface area contributed by atoms with E-state index in [1.807, 2.05) is 19.1 Å². The smallest absolute Gasteiger partial charge is 0.335 e. The number of carbonyl (C=O) groups is 2. The van der Waals surface area contributed by atoms with Gasteiger partial charge in [-0.05, 0) is 41.8 Å². The number of esters is 1. The lowest BCUT2D eigenvalue weighted by molar-refractivity contribution is -0.134. The second-order valence-corrected chi connectivity index (χ2v) is 4.63. The summed E-state index contributed by atoms with van der Waals surface area (Å²) >= 11 is 0. The van der Waals surface area contributed by atoms with Crippen molar-refractivity contribution in [2.45, 2.75) is 19.8 Å². The van der Waals surface area contributed by atoms with Crippen molar-refractivity contribution in [1.82, 2.24) is 0 Å². The zero-order valence-electron chi connectivity index (χ0n) is 11.7. The molecule has 4 heteroatoms. The van der Waals surface area contributed by atoms with E-state index in [2.05, 4.69) is 0 Å². The van der Waals surface area contributed by atoms with Crippen LogP contribution in [0.2, 0.25) is 0 Å². The van der Waals surface area contributed by atoms with Crippen LogP contribution >= 0.6 is 0 Å². The number of benzene rings is 2. The Bertz CT molecular complexity index is 627. The second kappa shape index (κ2) is 6.70. The molecule has 2 rings (SSSR count). The van der Waals surface area contributed by atoms with Crippen molar-refractivity contribution >= 4 is 11.9 Å². The Balaban J connectivity index is 2.11. The van der Waals surface area contributed by atoms with Crippen molar-refractivity contribution in [3.63, 3.8) is 0 Å². The molecule has 0 fully saturated rings. The number of carbonyl (C=O) groups excluding carboxylic acids is 1. The highest BCUT2D eigenvalue weighted by Crippen LogP contribution is 2.23. The monoisotopic (exact) mass is 284 g/mol. The minimum Gasteiger partial charge on any atom is -0.478 e. The van der Waals surface area contributed by atoms with Crippen LogP contribution in [0.25, 0.3) is 11.1 Å². The molecule has 0 atom stereocenters. The maximum absolute atomic E-state index is 11.4. The summed E-state index contributed by atoms with van der Waals surface area (Å²) in [4.78, 5) is 22.2. The Kier molecular flexibility index (Phi) is 4.72. The lowest BCUT2D eigenvalue weighted by Crippen LogP contribution is -2.06. The van der Waals surface area contributed by atoms with Gasteiger partial charge in [-0.2, -0.15) is 0 Å². The Hall–Kier alpha value is -2.62. The molecule has 0 saturated heterocycles. The first-order valence-corrected chi connectivity index (χ1v) is 6.74. The SMILES string of the molecule is CCCC(=O)Oc1ccc(-c2ccc(C(=O)O)cc2)cc1. The standard InChI is InChI=1S/C17H16O4/c1-2-3-16(18)21-15-10-8-13(9-11-15)12-4-6-14(7-5-12)17(19)20/h4-11H,2-3H2,1H3,(H,19,20). The van der Waals surface area contributed by atoms with Crippen molar-refractivity contribution in [3.05, 3.63) is 54.1 Å². The predicted octanol–water partition coefficient (Wildman–Crippen LogP) is 3.76. The van der Waals surface area contributed by atoms with Crippen LogP contribution < -0.4 is 4.74 Å². The van der Waals surface area contributed by atoms with E-state index in [9.17, 15) is 9.59 Å². The molecule has 108 valence electrons. The van der Waals surface area contributed by atoms with Gasteiger partial charge in [0.25, 0.3) is 0 Å². The van der Waals surface area contributed by atoms with Gasteiger partial charge in [0.1, 0.15) is 5.75 Å². The summed E-state index contributed by atoms with van der Waals surface area (Å²) in [5.74, 6) is -0.671. The molecule has 2 aromatic rings. The Labute approximate surface area is 123 Å². The molecule has 2 aromatic carbocycles. The molecule has 0 heterocycles. The van der Waals surface area contributed by atoms with E-state index in [-0.39, 0.29) is 11.5 Å². The molecule has 0 aliphatic rings. The van der Waals surface area contributed by atoms with Gasteiger partial charge in [0.15, 0.2) is 0 Å². The van der Waals surface area contributed by atoms with Crippen molar-refractivity contribution in [1.29, 1.82) is 0 Å². The molecule has 21 heavy (non-hydrogen) atoms. The number of aromatic carboxylic acids is 1. The van der Waals surface area contributed by atoms with E-state index in [1.165, 1.54) is 0 Å². The average molecular weight is 284 g/mol. The van der Waals surface area contributed by atoms with Crippen molar-refractivity contribution in [2.75, 3.05) is 0 Å². The van der Waals surface area contributed by atoms with Crippen LogP contribution in [-0.2, 0) is 4.79 Å². The van der Waals surface area contributed by atoms with Crippen LogP contribution in [-0.4, -0.2) is 17.0 Å². The normalized spacial score (nSPS) is 10.1. The lowest BCUT2D eigenvalue weighted by atomic mass is 10.0. The highest BCUT2D eigenvalue weighted by Gasteiger charge is 2.05. The van der Waals surface area contributed by atoms with Gasteiger partial charge in [0, 0.05) is 6.42 Å². The van der Waals surface area contributed by atoms with Gasteiger partial charge in [0.2, 0.25) is 0 Å². The van der Waals surface area contributed by atoms with Gasteiger partial charge in [0.05, 0.1) is 5.56 Å². The zero-order chi connectivity index (χ0) is 15.2. The summed E-state index contributed by atoms with van der Waals surface area (Å²) in [5, 5.41) is 8.86. The Morgan fingerprint density at radius 2 is 1.48 bits per heavy atom. The first-order chi connectivity index (χ1) is 10.1. The minimum atomic E-state index is -0.945. The fourth-order valence-electron chi connectivity index (χ4n) is 1.91. The zero-order valence-corrected chi connectivity index (χ0v) is 11.7. The molecule has 0 amide bonds. The van der Waals surface area contributed by atoms with Gasteiger partial charge >= 0.3 is 11.9 Å². The highest BCUT2D eigenvalue weighted by atomic mass is 16.5. The molecule has 0 saturated carbocycles. The largest absolute Gasteiger partial charge is 0.478 e. The van der Waals surface area contributed by atoms with E-state index in [0.29, 0.717) is 12.2 Å². The van der Waals surface area contributed by atoms with Crippen LogP contribution in [0.5, 0.6) is 5.75 Å². The van der Waals surface area contributed by atoms with Crippen LogP contribution in [0.4, 0.5) is 0 Å². The van der Waals surface area contributed by atoms with E-state index >= 15 is 0 Å². The van der Waals surface area contributed by atoms with E-state index in [1.54, 1.807) is 36.4 Å². The molecular weight excluding hydrogens is 268 g/mol. The van der Waals surface area contributed by atoms with Crippen molar-refractivity contribution in [2.24, 2.45) is 0 Å². The molecule has 0 radical (unpaired) electrons.